The van der Waals surface area contributed by atoms with E-state index in [-0.39, 0.29) is 18.4 Å². The maximum absolute atomic E-state index is 9.12. The van der Waals surface area contributed by atoms with Crippen molar-refractivity contribution in [1.82, 2.24) is 4.90 Å². The molecule has 2 rings (SSSR count). The van der Waals surface area contributed by atoms with Crippen LogP contribution in [0.3, 0.4) is 0 Å². The lowest BCUT2D eigenvalue weighted by atomic mass is 10.2. The normalized spacial score (nSPS) is 18.9. The number of ether oxygens (including phenoxy) is 1. The fourth-order valence-corrected chi connectivity index (χ4v) is 2.41. The van der Waals surface area contributed by atoms with Gasteiger partial charge in [0.25, 0.3) is 0 Å². The highest BCUT2D eigenvalue weighted by Crippen LogP contribution is 2.24. The molecule has 0 aliphatic carbocycles. The summed E-state index contributed by atoms with van der Waals surface area (Å²) in [5.74, 6) is 0. The largest absolute Gasteiger partial charge is 0.379 e. The van der Waals surface area contributed by atoms with Crippen LogP contribution in [0.25, 0.3) is 0 Å². The van der Waals surface area contributed by atoms with Crippen LogP contribution in [0.4, 0.5) is 0 Å². The molecule has 0 bridgehead atoms. The number of hydrogen-bond acceptors (Lipinski definition) is 4. The first-order valence-electron chi connectivity index (χ1n) is 4.66. The van der Waals surface area contributed by atoms with Crippen LogP contribution >= 0.6 is 23.7 Å². The van der Waals surface area contributed by atoms with Gasteiger partial charge in [-0.25, -0.2) is 0 Å². The maximum Gasteiger partial charge on any atom is 0.133 e. The first-order chi connectivity index (χ1) is 6.92. The SMILES string of the molecule is Cl.N#CC(c1cccs1)N1CCOCC1. The van der Waals surface area contributed by atoms with E-state index in [4.69, 9.17) is 10.00 Å². The third kappa shape index (κ3) is 2.93. The summed E-state index contributed by atoms with van der Waals surface area (Å²) >= 11 is 1.64. The lowest BCUT2D eigenvalue weighted by Crippen LogP contribution is -2.38. The first-order valence-corrected chi connectivity index (χ1v) is 5.54. The van der Waals surface area contributed by atoms with Crippen molar-refractivity contribution in [2.24, 2.45) is 0 Å². The fourth-order valence-electron chi connectivity index (χ4n) is 1.61. The lowest BCUT2D eigenvalue weighted by molar-refractivity contribution is 0.0272. The Labute approximate surface area is 99.7 Å². The van der Waals surface area contributed by atoms with Crippen molar-refractivity contribution in [1.29, 1.82) is 5.26 Å². The van der Waals surface area contributed by atoms with E-state index in [1.54, 1.807) is 11.3 Å². The molecular formula is C10H13ClN2OS. The quantitative estimate of drug-likeness (QED) is 0.799. The molecule has 2 heterocycles. The van der Waals surface area contributed by atoms with E-state index in [9.17, 15) is 0 Å². The average Bonchev–Trinajstić information content (AvgIpc) is 2.74. The van der Waals surface area contributed by atoms with Crippen LogP contribution in [-0.4, -0.2) is 31.2 Å². The minimum atomic E-state index is -0.0844. The average molecular weight is 245 g/mol. The number of hydrogen-bond donors (Lipinski definition) is 0. The van der Waals surface area contributed by atoms with Crippen LogP contribution in [0.15, 0.2) is 17.5 Å². The summed E-state index contributed by atoms with van der Waals surface area (Å²) in [4.78, 5) is 3.31. The maximum atomic E-state index is 9.12. The van der Waals surface area contributed by atoms with E-state index in [1.807, 2.05) is 17.5 Å². The molecule has 15 heavy (non-hydrogen) atoms. The van der Waals surface area contributed by atoms with Crippen molar-refractivity contribution in [2.45, 2.75) is 6.04 Å². The minimum Gasteiger partial charge on any atom is -0.379 e. The van der Waals surface area contributed by atoms with Crippen molar-refractivity contribution in [2.75, 3.05) is 26.3 Å². The van der Waals surface area contributed by atoms with Crippen LogP contribution in [0.2, 0.25) is 0 Å². The topological polar surface area (TPSA) is 36.3 Å². The van der Waals surface area contributed by atoms with Gasteiger partial charge in [-0.1, -0.05) is 6.07 Å². The number of morpholine rings is 1. The van der Waals surface area contributed by atoms with Crippen LogP contribution in [0, 0.1) is 11.3 Å². The molecule has 1 aliphatic heterocycles. The van der Waals surface area contributed by atoms with Crippen molar-refractivity contribution < 1.29 is 4.74 Å². The number of nitriles is 1. The standard InChI is InChI=1S/C10H12N2OS.ClH/c11-8-9(10-2-1-7-14-10)12-3-5-13-6-4-12;/h1-2,7,9H,3-6H2;1H. The molecule has 5 heteroatoms. The Morgan fingerprint density at radius 2 is 2.20 bits per heavy atom. The molecule has 0 saturated carbocycles. The molecule has 0 spiro atoms. The van der Waals surface area contributed by atoms with Gasteiger partial charge in [0.15, 0.2) is 0 Å². The first kappa shape index (κ1) is 12.5. The molecule has 1 aliphatic rings. The third-order valence-corrected chi connectivity index (χ3v) is 3.27. The molecule has 1 unspecified atom stereocenters. The second-order valence-electron chi connectivity index (χ2n) is 3.20. The van der Waals surface area contributed by atoms with Gasteiger partial charge in [-0.05, 0) is 11.4 Å². The van der Waals surface area contributed by atoms with Gasteiger partial charge < -0.3 is 4.74 Å². The van der Waals surface area contributed by atoms with Crippen molar-refractivity contribution in [3.63, 3.8) is 0 Å². The Balaban J connectivity index is 0.00000112. The molecule has 1 saturated heterocycles. The molecule has 0 radical (unpaired) electrons. The molecule has 0 N–H and O–H groups in total. The van der Waals surface area contributed by atoms with Crippen molar-refractivity contribution in [3.8, 4) is 6.07 Å². The summed E-state index contributed by atoms with van der Waals surface area (Å²) in [5, 5.41) is 11.1. The number of nitrogens with zero attached hydrogens (tertiary/aromatic N) is 2. The Hall–Kier alpha value is -0.600. The summed E-state index contributed by atoms with van der Waals surface area (Å²) in [6, 6.07) is 6.28. The smallest absolute Gasteiger partial charge is 0.133 e. The predicted molar refractivity (Wildman–Crippen MR) is 62.3 cm³/mol. The zero-order valence-electron chi connectivity index (χ0n) is 8.26. The number of rotatable bonds is 2. The summed E-state index contributed by atoms with van der Waals surface area (Å²) in [5.41, 5.74) is 0. The van der Waals surface area contributed by atoms with Crippen LogP contribution in [0.1, 0.15) is 10.9 Å². The Bertz CT molecular complexity index is 317. The second-order valence-corrected chi connectivity index (χ2v) is 4.17. The zero-order valence-corrected chi connectivity index (χ0v) is 9.89. The fraction of sp³-hybridized carbons (Fsp3) is 0.500. The molecule has 0 aromatic carbocycles. The Morgan fingerprint density at radius 1 is 1.47 bits per heavy atom. The Morgan fingerprint density at radius 3 is 2.73 bits per heavy atom. The minimum absolute atomic E-state index is 0. The Kier molecular flexibility index (Phi) is 5.06. The molecular weight excluding hydrogens is 232 g/mol. The summed E-state index contributed by atoms with van der Waals surface area (Å²) < 4.78 is 5.26. The summed E-state index contributed by atoms with van der Waals surface area (Å²) in [7, 11) is 0. The highest BCUT2D eigenvalue weighted by atomic mass is 35.5. The molecule has 1 aromatic rings. The predicted octanol–water partition coefficient (Wildman–Crippen LogP) is 2.07. The van der Waals surface area contributed by atoms with Gasteiger partial charge in [0.05, 0.1) is 19.3 Å². The van der Waals surface area contributed by atoms with Gasteiger partial charge >= 0.3 is 0 Å². The molecule has 82 valence electrons. The molecule has 3 nitrogen and oxygen atoms in total. The number of halogens is 1. The van der Waals surface area contributed by atoms with Crippen LogP contribution in [-0.2, 0) is 4.74 Å². The molecule has 0 amide bonds. The van der Waals surface area contributed by atoms with E-state index in [2.05, 4.69) is 11.0 Å². The van der Waals surface area contributed by atoms with Gasteiger partial charge in [-0.15, -0.1) is 23.7 Å². The van der Waals surface area contributed by atoms with Gasteiger partial charge in [0.1, 0.15) is 6.04 Å². The molecule has 1 atom stereocenters. The summed E-state index contributed by atoms with van der Waals surface area (Å²) in [6.45, 7) is 3.19. The van der Waals surface area contributed by atoms with Crippen molar-refractivity contribution in [3.05, 3.63) is 22.4 Å². The highest BCUT2D eigenvalue weighted by Gasteiger charge is 2.22. The van der Waals surface area contributed by atoms with Gasteiger partial charge in [-0.2, -0.15) is 5.26 Å². The molecule has 1 aromatic heterocycles. The van der Waals surface area contributed by atoms with Gasteiger partial charge in [0, 0.05) is 18.0 Å². The third-order valence-electron chi connectivity index (χ3n) is 2.35. The number of thiophene rings is 1. The van der Waals surface area contributed by atoms with Gasteiger partial charge in [0.2, 0.25) is 0 Å². The van der Waals surface area contributed by atoms with Gasteiger partial charge in [-0.3, -0.25) is 4.90 Å². The monoisotopic (exact) mass is 244 g/mol. The van der Waals surface area contributed by atoms with Crippen molar-refractivity contribution >= 4 is 23.7 Å². The second kappa shape index (κ2) is 6.09. The van der Waals surface area contributed by atoms with Crippen LogP contribution < -0.4 is 0 Å². The van der Waals surface area contributed by atoms with Crippen LogP contribution in [0.5, 0.6) is 0 Å². The van der Waals surface area contributed by atoms with E-state index < -0.39 is 0 Å². The highest BCUT2D eigenvalue weighted by molar-refractivity contribution is 7.10. The lowest BCUT2D eigenvalue weighted by Gasteiger charge is -2.29. The van der Waals surface area contributed by atoms with E-state index in [1.165, 1.54) is 0 Å². The zero-order chi connectivity index (χ0) is 9.80. The van der Waals surface area contributed by atoms with E-state index in [0.29, 0.717) is 0 Å². The summed E-state index contributed by atoms with van der Waals surface area (Å²) in [6.07, 6.45) is 0. The van der Waals surface area contributed by atoms with E-state index >= 15 is 0 Å². The molecule has 1 fully saturated rings. The van der Waals surface area contributed by atoms with E-state index in [0.717, 1.165) is 31.2 Å².